The zero-order valence-corrected chi connectivity index (χ0v) is 21.4. The third-order valence-corrected chi connectivity index (χ3v) is 6.97. The number of aryl methyl sites for hydroxylation is 1. The summed E-state index contributed by atoms with van der Waals surface area (Å²) < 4.78 is 5.49. The van der Waals surface area contributed by atoms with Crippen molar-refractivity contribution in [2.45, 2.75) is 31.8 Å². The summed E-state index contributed by atoms with van der Waals surface area (Å²) in [5.41, 5.74) is 4.27. The molecule has 1 aliphatic carbocycles. The molecule has 2 aliphatic rings. The van der Waals surface area contributed by atoms with Crippen LogP contribution in [0.25, 0.3) is 0 Å². The Morgan fingerprint density at radius 2 is 1.76 bits per heavy atom. The zero-order valence-electron chi connectivity index (χ0n) is 21.4. The van der Waals surface area contributed by atoms with Crippen LogP contribution in [-0.4, -0.2) is 72.4 Å². The van der Waals surface area contributed by atoms with Crippen LogP contribution >= 0.6 is 0 Å². The summed E-state index contributed by atoms with van der Waals surface area (Å²) >= 11 is 0. The molecule has 2 amide bonds. The summed E-state index contributed by atoms with van der Waals surface area (Å²) in [5, 5.41) is 24.1. The average molecular weight is 520 g/mol. The molecule has 10 heteroatoms. The van der Waals surface area contributed by atoms with E-state index in [0.717, 1.165) is 44.7 Å². The van der Waals surface area contributed by atoms with Crippen molar-refractivity contribution in [1.82, 2.24) is 10.3 Å². The first-order valence-electron chi connectivity index (χ1n) is 13.0. The number of benzene rings is 2. The Kier molecular flexibility index (Phi) is 7.62. The molecule has 5 rings (SSSR count). The third-order valence-electron chi connectivity index (χ3n) is 6.97. The molecule has 1 saturated heterocycles. The van der Waals surface area contributed by atoms with Gasteiger partial charge in [0.2, 0.25) is 0 Å². The molecule has 2 heterocycles. The summed E-state index contributed by atoms with van der Waals surface area (Å²) in [6.45, 7) is 4.68. The standard InChI is InChI=1S/C28H33N5O5/c1-18-4-2-3-5-24(18)32-10-12-33(13-11-32)25-9-8-20(26(36)29-15-21(35)16-34)14-22(25)30-27(37)23-17-38-28(31-23)19-6-7-19/h2-5,8-9,14,17,19,21,34-35H,6-7,10-13,15-16H2,1H3,(H,29,36)(H,30,37)/t21-/m1/s1. The average Bonchev–Trinajstić information content (AvgIpc) is 3.67. The van der Waals surface area contributed by atoms with Crippen molar-refractivity contribution in [3.05, 3.63) is 71.4 Å². The van der Waals surface area contributed by atoms with E-state index < -0.39 is 24.5 Å². The second-order valence-corrected chi connectivity index (χ2v) is 9.84. The number of carbonyl (C=O) groups is 2. The molecule has 3 aromatic rings. The number of amides is 2. The highest BCUT2D eigenvalue weighted by atomic mass is 16.3. The van der Waals surface area contributed by atoms with Crippen LogP contribution in [0.1, 0.15) is 51.1 Å². The van der Waals surface area contributed by atoms with Gasteiger partial charge in [0, 0.05) is 49.9 Å². The van der Waals surface area contributed by atoms with Gasteiger partial charge in [0.25, 0.3) is 11.8 Å². The van der Waals surface area contributed by atoms with Crippen molar-refractivity contribution >= 4 is 28.9 Å². The molecule has 10 nitrogen and oxygen atoms in total. The summed E-state index contributed by atoms with van der Waals surface area (Å²) in [5.74, 6) is 0.0475. The minimum absolute atomic E-state index is 0.0808. The molecule has 1 saturated carbocycles. The highest BCUT2D eigenvalue weighted by Gasteiger charge is 2.30. The smallest absolute Gasteiger partial charge is 0.277 e. The van der Waals surface area contributed by atoms with Gasteiger partial charge >= 0.3 is 0 Å². The lowest BCUT2D eigenvalue weighted by Gasteiger charge is -2.38. The predicted octanol–water partition coefficient (Wildman–Crippen LogP) is 2.52. The Morgan fingerprint density at radius 3 is 2.45 bits per heavy atom. The number of para-hydroxylation sites is 1. The Morgan fingerprint density at radius 1 is 1.05 bits per heavy atom. The number of nitrogens with zero attached hydrogens (tertiary/aromatic N) is 3. The molecule has 0 spiro atoms. The molecule has 1 aromatic heterocycles. The number of carbonyl (C=O) groups excluding carboxylic acids is 2. The van der Waals surface area contributed by atoms with E-state index in [1.165, 1.54) is 17.5 Å². The van der Waals surface area contributed by atoms with Gasteiger partial charge in [-0.2, -0.15) is 0 Å². The maximum atomic E-state index is 13.1. The highest BCUT2D eigenvalue weighted by molar-refractivity contribution is 6.06. The molecule has 2 aromatic carbocycles. The first kappa shape index (κ1) is 25.7. The second kappa shape index (κ2) is 11.2. The monoisotopic (exact) mass is 519 g/mol. The SMILES string of the molecule is Cc1ccccc1N1CCN(c2ccc(C(=O)NC[C@@H](O)CO)cc2NC(=O)c2coc(C3CC3)n2)CC1. The van der Waals surface area contributed by atoms with Crippen molar-refractivity contribution in [1.29, 1.82) is 0 Å². The molecular formula is C28H33N5O5. The molecule has 1 aliphatic heterocycles. The molecule has 1 atom stereocenters. The largest absolute Gasteiger partial charge is 0.448 e. The quantitative estimate of drug-likeness (QED) is 0.339. The van der Waals surface area contributed by atoms with Gasteiger partial charge in [-0.3, -0.25) is 9.59 Å². The van der Waals surface area contributed by atoms with Crippen molar-refractivity contribution in [2.24, 2.45) is 0 Å². The van der Waals surface area contributed by atoms with Crippen molar-refractivity contribution in [2.75, 3.05) is 54.4 Å². The number of anilines is 3. The Bertz CT molecular complexity index is 1300. The Labute approximate surface area is 221 Å². The summed E-state index contributed by atoms with van der Waals surface area (Å²) in [7, 11) is 0. The van der Waals surface area contributed by atoms with Crippen LogP contribution < -0.4 is 20.4 Å². The van der Waals surface area contributed by atoms with Gasteiger partial charge in [-0.25, -0.2) is 4.98 Å². The molecule has 0 bridgehead atoms. The molecule has 4 N–H and O–H groups in total. The molecule has 38 heavy (non-hydrogen) atoms. The van der Waals surface area contributed by atoms with E-state index in [4.69, 9.17) is 9.52 Å². The lowest BCUT2D eigenvalue weighted by Crippen LogP contribution is -2.47. The maximum absolute atomic E-state index is 13.1. The lowest BCUT2D eigenvalue weighted by atomic mass is 10.1. The number of hydrogen-bond acceptors (Lipinski definition) is 8. The van der Waals surface area contributed by atoms with Gasteiger partial charge in [0.05, 0.1) is 24.1 Å². The fraction of sp³-hybridized carbons (Fsp3) is 0.393. The van der Waals surface area contributed by atoms with Crippen LogP contribution in [0.5, 0.6) is 0 Å². The van der Waals surface area contributed by atoms with Crippen LogP contribution in [0.4, 0.5) is 17.1 Å². The summed E-state index contributed by atoms with van der Waals surface area (Å²) in [4.78, 5) is 34.7. The fourth-order valence-electron chi connectivity index (χ4n) is 4.63. The number of hydrogen-bond donors (Lipinski definition) is 4. The Balaban J connectivity index is 1.35. The molecule has 0 unspecified atom stereocenters. The number of aliphatic hydroxyl groups is 2. The number of aliphatic hydroxyl groups excluding tert-OH is 2. The van der Waals surface area contributed by atoms with E-state index in [2.05, 4.69) is 44.5 Å². The van der Waals surface area contributed by atoms with Crippen molar-refractivity contribution in [3.8, 4) is 0 Å². The van der Waals surface area contributed by atoms with Gasteiger partial charge in [-0.05, 0) is 49.6 Å². The number of nitrogens with one attached hydrogen (secondary N) is 2. The second-order valence-electron chi connectivity index (χ2n) is 9.84. The normalized spacial score (nSPS) is 16.3. The van der Waals surface area contributed by atoms with E-state index in [-0.39, 0.29) is 18.2 Å². The van der Waals surface area contributed by atoms with E-state index in [1.54, 1.807) is 12.1 Å². The van der Waals surface area contributed by atoms with Crippen LogP contribution in [0.15, 0.2) is 53.1 Å². The van der Waals surface area contributed by atoms with Gasteiger partial charge < -0.3 is 35.1 Å². The van der Waals surface area contributed by atoms with E-state index in [9.17, 15) is 14.7 Å². The summed E-state index contributed by atoms with van der Waals surface area (Å²) in [6, 6.07) is 13.5. The minimum Gasteiger partial charge on any atom is -0.448 e. The third kappa shape index (κ3) is 5.81. The molecule has 2 fully saturated rings. The predicted molar refractivity (Wildman–Crippen MR) is 144 cm³/mol. The van der Waals surface area contributed by atoms with Crippen LogP contribution in [-0.2, 0) is 0 Å². The van der Waals surface area contributed by atoms with Crippen molar-refractivity contribution < 1.29 is 24.2 Å². The van der Waals surface area contributed by atoms with E-state index in [1.807, 2.05) is 18.2 Å². The van der Waals surface area contributed by atoms with Crippen LogP contribution in [0.2, 0.25) is 0 Å². The first-order chi connectivity index (χ1) is 18.4. The van der Waals surface area contributed by atoms with Crippen LogP contribution in [0.3, 0.4) is 0 Å². The van der Waals surface area contributed by atoms with E-state index >= 15 is 0 Å². The number of piperazine rings is 1. The highest BCUT2D eigenvalue weighted by Crippen LogP contribution is 2.39. The zero-order chi connectivity index (χ0) is 26.6. The molecule has 0 radical (unpaired) electrons. The topological polar surface area (TPSA) is 131 Å². The van der Waals surface area contributed by atoms with Gasteiger partial charge in [-0.1, -0.05) is 18.2 Å². The van der Waals surface area contributed by atoms with Crippen molar-refractivity contribution in [3.63, 3.8) is 0 Å². The summed E-state index contributed by atoms with van der Waals surface area (Å²) in [6.07, 6.45) is 2.36. The Hall–Kier alpha value is -3.89. The van der Waals surface area contributed by atoms with Gasteiger partial charge in [0.15, 0.2) is 11.6 Å². The fourth-order valence-corrected chi connectivity index (χ4v) is 4.63. The number of rotatable bonds is 9. The van der Waals surface area contributed by atoms with Crippen LogP contribution in [0, 0.1) is 6.92 Å². The van der Waals surface area contributed by atoms with Gasteiger partial charge in [-0.15, -0.1) is 0 Å². The molecular weight excluding hydrogens is 486 g/mol. The van der Waals surface area contributed by atoms with E-state index in [0.29, 0.717) is 17.1 Å². The van der Waals surface area contributed by atoms with Gasteiger partial charge in [0.1, 0.15) is 6.26 Å². The first-order valence-corrected chi connectivity index (χ1v) is 13.0. The molecule has 200 valence electrons. The number of oxazole rings is 1. The maximum Gasteiger partial charge on any atom is 0.277 e. The number of aromatic nitrogens is 1. The minimum atomic E-state index is -1.05. The lowest BCUT2D eigenvalue weighted by molar-refractivity contribution is 0.0802.